The molecular formula is C20H24N2O2. The molecule has 0 spiro atoms. The molecule has 0 aromatic heterocycles. The third-order valence-corrected chi connectivity index (χ3v) is 3.83. The van der Waals surface area contributed by atoms with Crippen LogP contribution in [0, 0.1) is 6.92 Å². The largest absolute Gasteiger partial charge is 0.356 e. The molecule has 2 N–H and O–H groups in total. The Morgan fingerprint density at radius 3 is 2.29 bits per heavy atom. The second-order valence-electron chi connectivity index (χ2n) is 5.95. The van der Waals surface area contributed by atoms with Gasteiger partial charge >= 0.3 is 0 Å². The number of rotatable bonds is 7. The van der Waals surface area contributed by atoms with Crippen LogP contribution in [0.25, 0.3) is 0 Å². The van der Waals surface area contributed by atoms with Crippen LogP contribution in [-0.2, 0) is 16.0 Å². The van der Waals surface area contributed by atoms with Gasteiger partial charge in [-0.25, -0.2) is 0 Å². The summed E-state index contributed by atoms with van der Waals surface area (Å²) in [5.74, 6) is -0.206. The van der Waals surface area contributed by atoms with E-state index >= 15 is 0 Å². The van der Waals surface area contributed by atoms with Crippen LogP contribution in [0.2, 0.25) is 0 Å². The van der Waals surface area contributed by atoms with Crippen molar-refractivity contribution in [3.05, 3.63) is 71.3 Å². The molecule has 4 heteroatoms. The Morgan fingerprint density at radius 2 is 1.67 bits per heavy atom. The molecule has 2 amide bonds. The molecule has 0 radical (unpaired) electrons. The van der Waals surface area contributed by atoms with Gasteiger partial charge in [-0.3, -0.25) is 9.59 Å². The summed E-state index contributed by atoms with van der Waals surface area (Å²) in [7, 11) is 0. The molecule has 1 atom stereocenters. The topological polar surface area (TPSA) is 58.2 Å². The molecule has 0 aliphatic rings. The highest BCUT2D eigenvalue weighted by Crippen LogP contribution is 2.17. The lowest BCUT2D eigenvalue weighted by Gasteiger charge is -2.18. The Labute approximate surface area is 143 Å². The van der Waals surface area contributed by atoms with Crippen LogP contribution in [-0.4, -0.2) is 18.4 Å². The van der Waals surface area contributed by atoms with Gasteiger partial charge in [0.25, 0.3) is 0 Å². The molecule has 24 heavy (non-hydrogen) atoms. The first-order chi connectivity index (χ1) is 11.5. The van der Waals surface area contributed by atoms with Gasteiger partial charge < -0.3 is 10.6 Å². The number of hydrogen-bond acceptors (Lipinski definition) is 2. The lowest BCUT2D eigenvalue weighted by molar-refractivity contribution is -0.122. The molecule has 0 aliphatic carbocycles. The second-order valence-corrected chi connectivity index (χ2v) is 5.95. The average Bonchev–Trinajstić information content (AvgIpc) is 2.55. The molecule has 0 unspecified atom stereocenters. The third kappa shape index (κ3) is 5.88. The summed E-state index contributed by atoms with van der Waals surface area (Å²) in [6.07, 6.45) is 1.03. The fraction of sp³-hybridized carbons (Fsp3) is 0.300. The third-order valence-electron chi connectivity index (χ3n) is 3.83. The van der Waals surface area contributed by atoms with Crippen molar-refractivity contribution in [3.63, 3.8) is 0 Å². The summed E-state index contributed by atoms with van der Waals surface area (Å²) in [6, 6.07) is 17.6. The van der Waals surface area contributed by atoms with Crippen LogP contribution < -0.4 is 10.6 Å². The van der Waals surface area contributed by atoms with Gasteiger partial charge in [0.1, 0.15) is 0 Å². The van der Waals surface area contributed by atoms with Crippen LogP contribution in [0.3, 0.4) is 0 Å². The SMILES string of the molecule is CC(=O)N[C@@H](CC(=O)NCCc1ccccc1)c1ccc(C)cc1. The van der Waals surface area contributed by atoms with Crippen LogP contribution in [0.1, 0.15) is 36.1 Å². The van der Waals surface area contributed by atoms with E-state index in [0.717, 1.165) is 17.5 Å². The molecule has 0 heterocycles. The lowest BCUT2D eigenvalue weighted by atomic mass is 10.0. The maximum absolute atomic E-state index is 12.2. The Balaban J connectivity index is 1.89. The van der Waals surface area contributed by atoms with Crippen molar-refractivity contribution < 1.29 is 9.59 Å². The maximum Gasteiger partial charge on any atom is 0.222 e. The summed E-state index contributed by atoms with van der Waals surface area (Å²) in [5.41, 5.74) is 3.27. The predicted molar refractivity (Wildman–Crippen MR) is 95.5 cm³/mol. The average molecular weight is 324 g/mol. The molecule has 2 aromatic carbocycles. The summed E-state index contributed by atoms with van der Waals surface area (Å²) in [6.45, 7) is 4.06. The molecule has 0 saturated heterocycles. The van der Waals surface area contributed by atoms with Crippen molar-refractivity contribution in [2.24, 2.45) is 0 Å². The number of nitrogens with one attached hydrogen (secondary N) is 2. The molecule has 0 saturated carbocycles. The Hall–Kier alpha value is -2.62. The van der Waals surface area contributed by atoms with Crippen LogP contribution in [0.5, 0.6) is 0 Å². The van der Waals surface area contributed by atoms with Gasteiger partial charge in [-0.1, -0.05) is 60.2 Å². The van der Waals surface area contributed by atoms with Crippen molar-refractivity contribution in [1.29, 1.82) is 0 Å². The Morgan fingerprint density at radius 1 is 1.00 bits per heavy atom. The van der Waals surface area contributed by atoms with Crippen molar-refractivity contribution in [2.45, 2.75) is 32.7 Å². The number of aryl methyl sites for hydroxylation is 1. The van der Waals surface area contributed by atoms with E-state index in [1.54, 1.807) is 0 Å². The fourth-order valence-electron chi connectivity index (χ4n) is 2.54. The summed E-state index contributed by atoms with van der Waals surface area (Å²) >= 11 is 0. The molecule has 4 nitrogen and oxygen atoms in total. The number of amides is 2. The first-order valence-electron chi connectivity index (χ1n) is 8.19. The zero-order valence-electron chi connectivity index (χ0n) is 14.2. The first kappa shape index (κ1) is 17.7. The normalized spacial score (nSPS) is 11.6. The van der Waals surface area contributed by atoms with Gasteiger partial charge in [-0.15, -0.1) is 0 Å². The molecular weight excluding hydrogens is 300 g/mol. The van der Waals surface area contributed by atoms with E-state index in [9.17, 15) is 9.59 Å². The van der Waals surface area contributed by atoms with Gasteiger partial charge in [0, 0.05) is 13.5 Å². The zero-order valence-corrected chi connectivity index (χ0v) is 14.2. The first-order valence-corrected chi connectivity index (χ1v) is 8.19. The van der Waals surface area contributed by atoms with Crippen molar-refractivity contribution >= 4 is 11.8 Å². The quantitative estimate of drug-likeness (QED) is 0.823. The van der Waals surface area contributed by atoms with E-state index < -0.39 is 0 Å². The van der Waals surface area contributed by atoms with Crippen molar-refractivity contribution in [2.75, 3.05) is 6.54 Å². The van der Waals surface area contributed by atoms with E-state index in [1.807, 2.05) is 61.5 Å². The molecule has 2 rings (SSSR count). The maximum atomic E-state index is 12.2. The van der Waals surface area contributed by atoms with Gasteiger partial charge in [-0.05, 0) is 24.5 Å². The highest BCUT2D eigenvalue weighted by Gasteiger charge is 2.16. The van der Waals surface area contributed by atoms with E-state index in [4.69, 9.17) is 0 Å². The smallest absolute Gasteiger partial charge is 0.222 e. The number of carbonyl (C=O) groups is 2. The highest BCUT2D eigenvalue weighted by atomic mass is 16.2. The van der Waals surface area contributed by atoms with Crippen molar-refractivity contribution in [3.8, 4) is 0 Å². The van der Waals surface area contributed by atoms with E-state index in [1.165, 1.54) is 12.5 Å². The van der Waals surface area contributed by atoms with Gasteiger partial charge in [0.05, 0.1) is 12.5 Å². The zero-order chi connectivity index (χ0) is 17.4. The summed E-state index contributed by atoms with van der Waals surface area (Å²) in [4.78, 5) is 23.6. The van der Waals surface area contributed by atoms with Gasteiger partial charge in [0.15, 0.2) is 0 Å². The van der Waals surface area contributed by atoms with Gasteiger partial charge in [-0.2, -0.15) is 0 Å². The monoisotopic (exact) mass is 324 g/mol. The summed E-state index contributed by atoms with van der Waals surface area (Å²) in [5, 5.41) is 5.78. The molecule has 0 fully saturated rings. The second kappa shape index (κ2) is 8.87. The molecule has 126 valence electrons. The Kier molecular flexibility index (Phi) is 6.55. The van der Waals surface area contributed by atoms with E-state index in [-0.39, 0.29) is 24.3 Å². The number of carbonyl (C=O) groups excluding carboxylic acids is 2. The van der Waals surface area contributed by atoms with Crippen LogP contribution in [0.4, 0.5) is 0 Å². The minimum Gasteiger partial charge on any atom is -0.356 e. The lowest BCUT2D eigenvalue weighted by Crippen LogP contribution is -2.33. The predicted octanol–water partition coefficient (Wildman–Crippen LogP) is 2.92. The van der Waals surface area contributed by atoms with E-state index in [0.29, 0.717) is 6.54 Å². The minimum atomic E-state index is -0.306. The fourth-order valence-corrected chi connectivity index (χ4v) is 2.54. The molecule has 2 aromatic rings. The number of hydrogen-bond donors (Lipinski definition) is 2. The number of benzene rings is 2. The van der Waals surface area contributed by atoms with Crippen LogP contribution in [0.15, 0.2) is 54.6 Å². The van der Waals surface area contributed by atoms with Gasteiger partial charge in [0.2, 0.25) is 11.8 Å². The summed E-state index contributed by atoms with van der Waals surface area (Å²) < 4.78 is 0. The Bertz CT molecular complexity index is 666. The molecule has 0 aliphatic heterocycles. The standard InChI is InChI=1S/C20H24N2O2/c1-15-8-10-18(11-9-15)19(22-16(2)23)14-20(24)21-13-12-17-6-4-3-5-7-17/h3-11,19H,12-14H2,1-2H3,(H,21,24)(H,22,23)/t19-/m0/s1. The molecule has 0 bridgehead atoms. The minimum absolute atomic E-state index is 0.0646. The highest BCUT2D eigenvalue weighted by molar-refractivity contribution is 5.79. The van der Waals surface area contributed by atoms with Crippen LogP contribution >= 0.6 is 0 Å². The van der Waals surface area contributed by atoms with E-state index in [2.05, 4.69) is 10.6 Å². The van der Waals surface area contributed by atoms with Crippen molar-refractivity contribution in [1.82, 2.24) is 10.6 Å².